The maximum atomic E-state index is 7.51. The van der Waals surface area contributed by atoms with E-state index in [2.05, 4.69) is 206 Å². The molecule has 4 aromatic carbocycles. The standard InChI is InChI=1S/C58H86O6Si2/c1-41(38-43(3)54(64-66(16,17)57(10,11)12)46(6)53-44(4)39-60-55(62-53)47-33-35-51(59-13)36-34-47)37-42(2)52(63-65(14,15)56(7,8)9)45(5)40-61-58(48-27-21-18-22-28-48,49-29-23-19-24-30-49)50-31-25-20-26-32-50/h18-37,42-46,52-55H,38-40H2,1-17H3/b41-37-/t42-,43-,44-,45-,46+,52+,53-,54+,55-/m0/s1. The predicted molar refractivity (Wildman–Crippen MR) is 280 cm³/mol. The van der Waals surface area contributed by atoms with Gasteiger partial charge in [-0.1, -0.05) is 191 Å². The largest absolute Gasteiger partial charge is 0.497 e. The van der Waals surface area contributed by atoms with Gasteiger partial charge in [-0.15, -0.1) is 0 Å². The van der Waals surface area contributed by atoms with Gasteiger partial charge in [-0.3, -0.25) is 0 Å². The summed E-state index contributed by atoms with van der Waals surface area (Å²) >= 11 is 0. The first-order valence-electron chi connectivity index (χ1n) is 24.7. The zero-order valence-electron chi connectivity index (χ0n) is 43.8. The Morgan fingerprint density at radius 2 is 1.12 bits per heavy atom. The molecule has 1 heterocycles. The van der Waals surface area contributed by atoms with Crippen LogP contribution in [0.2, 0.25) is 36.3 Å². The summed E-state index contributed by atoms with van der Waals surface area (Å²) in [4.78, 5) is 0. The summed E-state index contributed by atoms with van der Waals surface area (Å²) in [7, 11) is -2.70. The lowest BCUT2D eigenvalue weighted by Crippen LogP contribution is -2.51. The molecule has 1 saturated heterocycles. The fraction of sp³-hybridized carbons (Fsp3) is 0.552. The summed E-state index contributed by atoms with van der Waals surface area (Å²) in [5.41, 5.74) is 4.87. The first-order chi connectivity index (χ1) is 30.9. The molecular weight excluding hydrogens is 849 g/mol. The SMILES string of the molecule is COc1ccc([C@H]2OC[C@H](C)[C@@H]([C@@H](C)[C@H](O[Si](C)(C)C(C)(C)C)[C@@H](C)C/C(C)=C\[C@H](C)[C@@H](O[Si](C)(C)C(C)(C)C)[C@@H](C)COC(c3ccccc3)(c3ccccc3)c3ccccc3)O2)cc1. The third-order valence-corrected chi connectivity index (χ3v) is 24.1. The lowest BCUT2D eigenvalue weighted by Gasteiger charge is -2.47. The molecule has 0 amide bonds. The number of benzene rings is 4. The van der Waals surface area contributed by atoms with E-state index in [0.717, 1.165) is 34.4 Å². The van der Waals surface area contributed by atoms with E-state index in [1.54, 1.807) is 7.11 Å². The smallest absolute Gasteiger partial charge is 0.192 e. The van der Waals surface area contributed by atoms with E-state index in [9.17, 15) is 0 Å². The molecule has 0 bridgehead atoms. The van der Waals surface area contributed by atoms with Gasteiger partial charge in [0.15, 0.2) is 22.9 Å². The quantitative estimate of drug-likeness (QED) is 0.0500. The van der Waals surface area contributed by atoms with E-state index in [1.165, 1.54) is 5.57 Å². The molecule has 6 nitrogen and oxygen atoms in total. The molecule has 362 valence electrons. The molecule has 5 rings (SSSR count). The van der Waals surface area contributed by atoms with E-state index >= 15 is 0 Å². The average molecular weight is 935 g/mol. The number of hydrogen-bond acceptors (Lipinski definition) is 6. The summed E-state index contributed by atoms with van der Waals surface area (Å²) in [6.45, 7) is 38.6. The van der Waals surface area contributed by atoms with Crippen molar-refractivity contribution in [3.63, 3.8) is 0 Å². The molecule has 0 aromatic heterocycles. The third kappa shape index (κ3) is 12.8. The Hall–Kier alpha value is -3.35. The third-order valence-electron chi connectivity index (χ3n) is 15.2. The van der Waals surface area contributed by atoms with Crippen LogP contribution in [-0.2, 0) is 28.7 Å². The second kappa shape index (κ2) is 22.4. The van der Waals surface area contributed by atoms with E-state index in [-0.39, 0.29) is 58.0 Å². The normalized spacial score (nSPS) is 20.8. The molecule has 0 N–H and O–H groups in total. The number of ether oxygens (including phenoxy) is 4. The molecule has 1 fully saturated rings. The van der Waals surface area contributed by atoms with Crippen LogP contribution >= 0.6 is 0 Å². The molecule has 0 aliphatic carbocycles. The zero-order valence-corrected chi connectivity index (χ0v) is 45.8. The van der Waals surface area contributed by atoms with Crippen LogP contribution in [-0.4, -0.2) is 55.3 Å². The van der Waals surface area contributed by atoms with Gasteiger partial charge in [0.2, 0.25) is 0 Å². The van der Waals surface area contributed by atoms with Crippen molar-refractivity contribution >= 4 is 16.6 Å². The van der Waals surface area contributed by atoms with Crippen molar-refractivity contribution in [2.75, 3.05) is 20.3 Å². The lowest BCUT2D eigenvalue weighted by molar-refractivity contribution is -0.256. The van der Waals surface area contributed by atoms with Crippen molar-refractivity contribution in [2.45, 2.75) is 156 Å². The van der Waals surface area contributed by atoms with E-state index in [1.807, 2.05) is 24.3 Å². The lowest BCUT2D eigenvalue weighted by atomic mass is 9.79. The van der Waals surface area contributed by atoms with Crippen LogP contribution in [0.25, 0.3) is 0 Å². The van der Waals surface area contributed by atoms with Crippen LogP contribution in [0.15, 0.2) is 127 Å². The second-order valence-corrected chi connectivity index (χ2v) is 32.2. The molecule has 1 aliphatic heterocycles. The van der Waals surface area contributed by atoms with E-state index in [4.69, 9.17) is 27.8 Å². The van der Waals surface area contributed by atoms with Gasteiger partial charge in [0.25, 0.3) is 0 Å². The van der Waals surface area contributed by atoms with Gasteiger partial charge in [-0.05, 0) is 90.3 Å². The first-order valence-corrected chi connectivity index (χ1v) is 30.5. The van der Waals surface area contributed by atoms with Crippen LogP contribution in [0.3, 0.4) is 0 Å². The highest BCUT2D eigenvalue weighted by molar-refractivity contribution is 6.74. The Morgan fingerprint density at radius 3 is 1.56 bits per heavy atom. The highest BCUT2D eigenvalue weighted by Gasteiger charge is 2.46. The van der Waals surface area contributed by atoms with Crippen molar-refractivity contribution in [3.8, 4) is 5.75 Å². The van der Waals surface area contributed by atoms with Crippen LogP contribution in [0.4, 0.5) is 0 Å². The topological polar surface area (TPSA) is 55.4 Å². The minimum Gasteiger partial charge on any atom is -0.497 e. The Kier molecular flexibility index (Phi) is 18.2. The van der Waals surface area contributed by atoms with Gasteiger partial charge in [-0.2, -0.15) is 0 Å². The Morgan fingerprint density at radius 1 is 0.667 bits per heavy atom. The first kappa shape index (κ1) is 53.6. The van der Waals surface area contributed by atoms with Crippen molar-refractivity contribution < 1.29 is 27.8 Å². The maximum absolute atomic E-state index is 7.51. The van der Waals surface area contributed by atoms with Crippen molar-refractivity contribution in [1.29, 1.82) is 0 Å². The Bertz CT molecular complexity index is 1990. The van der Waals surface area contributed by atoms with Crippen LogP contribution < -0.4 is 4.74 Å². The summed E-state index contributed by atoms with van der Waals surface area (Å²) in [5.74, 6) is 1.60. The molecule has 1 aliphatic rings. The molecule has 9 atom stereocenters. The van der Waals surface area contributed by atoms with Crippen molar-refractivity contribution in [3.05, 3.63) is 149 Å². The maximum Gasteiger partial charge on any atom is 0.192 e. The highest BCUT2D eigenvalue weighted by atomic mass is 28.4. The van der Waals surface area contributed by atoms with Gasteiger partial charge in [-0.25, -0.2) is 0 Å². The summed E-state index contributed by atoms with van der Waals surface area (Å²) < 4.78 is 41.2. The molecular formula is C58H86O6Si2. The fourth-order valence-corrected chi connectivity index (χ4v) is 12.2. The van der Waals surface area contributed by atoms with Crippen LogP contribution in [0.1, 0.15) is 118 Å². The van der Waals surface area contributed by atoms with E-state index < -0.39 is 28.5 Å². The second-order valence-electron chi connectivity index (χ2n) is 22.7. The molecule has 0 spiro atoms. The van der Waals surface area contributed by atoms with Gasteiger partial charge in [0.1, 0.15) is 11.4 Å². The molecule has 66 heavy (non-hydrogen) atoms. The van der Waals surface area contributed by atoms with Gasteiger partial charge < -0.3 is 27.8 Å². The summed E-state index contributed by atoms with van der Waals surface area (Å²) in [5, 5.41) is 0.102. The number of rotatable bonds is 20. The summed E-state index contributed by atoms with van der Waals surface area (Å²) in [6.07, 6.45) is 2.84. The Balaban J connectivity index is 1.46. The van der Waals surface area contributed by atoms with Crippen LogP contribution in [0, 0.1) is 29.6 Å². The number of hydrogen-bond donors (Lipinski definition) is 0. The van der Waals surface area contributed by atoms with Gasteiger partial charge in [0, 0.05) is 23.3 Å². The minimum atomic E-state index is -2.21. The Labute approximate surface area is 403 Å². The summed E-state index contributed by atoms with van der Waals surface area (Å²) in [6, 6.07) is 40.1. The molecule has 8 heteroatoms. The van der Waals surface area contributed by atoms with Gasteiger partial charge in [0.05, 0.1) is 38.6 Å². The molecule has 4 aromatic rings. The zero-order chi connectivity index (χ0) is 48.7. The number of methoxy groups -OCH3 is 1. The molecule has 0 saturated carbocycles. The number of allylic oxidation sites excluding steroid dienone is 1. The monoisotopic (exact) mass is 935 g/mol. The predicted octanol–water partition coefficient (Wildman–Crippen LogP) is 15.4. The minimum absolute atomic E-state index is 0.0136. The van der Waals surface area contributed by atoms with E-state index in [0.29, 0.717) is 13.2 Å². The fourth-order valence-electron chi connectivity index (χ4n) is 9.29. The van der Waals surface area contributed by atoms with Crippen LogP contribution in [0.5, 0.6) is 5.75 Å². The van der Waals surface area contributed by atoms with Crippen molar-refractivity contribution in [1.82, 2.24) is 0 Å². The average Bonchev–Trinajstić information content (AvgIpc) is 3.27. The van der Waals surface area contributed by atoms with Crippen molar-refractivity contribution in [2.24, 2.45) is 29.6 Å². The molecule has 0 unspecified atom stereocenters. The molecule has 0 radical (unpaired) electrons. The highest BCUT2D eigenvalue weighted by Crippen LogP contribution is 2.45. The van der Waals surface area contributed by atoms with Gasteiger partial charge >= 0.3 is 0 Å².